The van der Waals surface area contributed by atoms with Crippen LogP contribution in [0.1, 0.15) is 60.0 Å². The summed E-state index contributed by atoms with van der Waals surface area (Å²) in [5.41, 5.74) is 4.10. The van der Waals surface area contributed by atoms with E-state index in [-0.39, 0.29) is 25.7 Å². The molecule has 9 heteroatoms. The van der Waals surface area contributed by atoms with E-state index in [0.29, 0.717) is 31.0 Å². The molecule has 1 aromatic heterocycles. The molecule has 0 saturated heterocycles. The third-order valence-corrected chi connectivity index (χ3v) is 7.73. The van der Waals surface area contributed by atoms with E-state index in [1.165, 1.54) is 0 Å². The first-order chi connectivity index (χ1) is 17.1. The molecule has 37 heavy (non-hydrogen) atoms. The van der Waals surface area contributed by atoms with Crippen molar-refractivity contribution in [2.75, 3.05) is 12.0 Å². The molecule has 0 fully saturated rings. The summed E-state index contributed by atoms with van der Waals surface area (Å²) in [6.07, 6.45) is 4.14. The van der Waals surface area contributed by atoms with Gasteiger partial charge >= 0.3 is 24.8 Å². The van der Waals surface area contributed by atoms with Gasteiger partial charge in [-0.15, -0.1) is 11.3 Å². The van der Waals surface area contributed by atoms with Crippen LogP contribution in [0, 0.1) is 6.92 Å². The summed E-state index contributed by atoms with van der Waals surface area (Å²) >= 11 is 3.21. The van der Waals surface area contributed by atoms with E-state index in [4.69, 9.17) is 4.74 Å². The summed E-state index contributed by atoms with van der Waals surface area (Å²) in [4.78, 5) is 30.5. The fourth-order valence-electron chi connectivity index (χ4n) is 3.70. The molecule has 2 aromatic carbocycles. The predicted molar refractivity (Wildman–Crippen MR) is 149 cm³/mol. The molecular weight excluding hydrogens is 499 g/mol. The second kappa shape index (κ2) is 14.2. The molecule has 1 amide bonds. The van der Waals surface area contributed by atoms with E-state index >= 15 is 0 Å². The van der Waals surface area contributed by atoms with Gasteiger partial charge < -0.3 is 16.6 Å². The van der Waals surface area contributed by atoms with Crippen LogP contribution in [0.4, 0.5) is 0 Å². The van der Waals surface area contributed by atoms with E-state index in [1.807, 2.05) is 55.8 Å². The van der Waals surface area contributed by atoms with Gasteiger partial charge in [0.15, 0.2) is 0 Å². The minimum absolute atomic E-state index is 0. The van der Waals surface area contributed by atoms with Crippen molar-refractivity contribution < 1.29 is 39.7 Å². The molecule has 0 saturated carbocycles. The van der Waals surface area contributed by atoms with Crippen LogP contribution in [0.5, 0.6) is 0 Å². The van der Waals surface area contributed by atoms with Crippen LogP contribution >= 0.6 is 23.1 Å². The SMILES string of the molecule is CSCCC(NC(=O)c1ccc(COCc2cnc(C(C)(C)C)s2)cc1-c1ccccc1C)C(=O)O.[H-].[Li+]. The molecule has 6 nitrogen and oxygen atoms in total. The van der Waals surface area contributed by atoms with Crippen LogP contribution in [0.15, 0.2) is 48.7 Å². The van der Waals surface area contributed by atoms with Crippen LogP contribution < -0.4 is 24.2 Å². The number of carboxylic acid groups (broad SMARTS) is 1. The quantitative estimate of drug-likeness (QED) is 0.368. The first kappa shape index (κ1) is 31.1. The standard InChI is InChI=1S/C28H34N2O4S2.Li.H/c1-18-8-6-7-9-21(18)23-14-19(16-34-17-20-15-29-27(36-20)28(2,3)4)10-11-22(23)25(31)30-24(26(32)33)12-13-35-5;;/h6-11,14-15,24H,12-13,16-17H2,1-5H3,(H,30,31)(H,32,33);;/q;+1;-1. The molecule has 0 aliphatic heterocycles. The first-order valence-corrected chi connectivity index (χ1v) is 14.1. The molecule has 3 aromatic rings. The maximum atomic E-state index is 13.2. The van der Waals surface area contributed by atoms with Gasteiger partial charge in [-0.05, 0) is 59.7 Å². The Morgan fingerprint density at radius 3 is 2.51 bits per heavy atom. The zero-order chi connectivity index (χ0) is 26.3. The molecule has 2 N–H and O–H groups in total. The summed E-state index contributed by atoms with van der Waals surface area (Å²) in [7, 11) is 0. The number of aryl methyl sites for hydroxylation is 1. The van der Waals surface area contributed by atoms with Crippen molar-refractivity contribution in [1.82, 2.24) is 10.3 Å². The van der Waals surface area contributed by atoms with Crippen molar-refractivity contribution >= 4 is 35.0 Å². The van der Waals surface area contributed by atoms with Crippen molar-refractivity contribution in [1.29, 1.82) is 0 Å². The number of thiazole rings is 1. The number of rotatable bonds is 11. The Balaban J connectivity index is 0.00000361. The summed E-state index contributed by atoms with van der Waals surface area (Å²) in [6, 6.07) is 12.5. The zero-order valence-corrected chi connectivity index (χ0v) is 24.1. The van der Waals surface area contributed by atoms with Gasteiger partial charge in [-0.2, -0.15) is 11.8 Å². The van der Waals surface area contributed by atoms with Crippen molar-refractivity contribution in [2.24, 2.45) is 0 Å². The van der Waals surface area contributed by atoms with Crippen LogP contribution in [-0.2, 0) is 28.2 Å². The Kier molecular flexibility index (Phi) is 11.9. The Hall–Kier alpha value is -2.08. The molecule has 1 atom stereocenters. The second-order valence-corrected chi connectivity index (χ2v) is 11.8. The van der Waals surface area contributed by atoms with Crippen LogP contribution in [0.3, 0.4) is 0 Å². The topological polar surface area (TPSA) is 88.5 Å². The molecule has 0 aliphatic carbocycles. The third-order valence-electron chi connectivity index (χ3n) is 5.69. The van der Waals surface area contributed by atoms with Gasteiger partial charge in [0.2, 0.25) is 0 Å². The number of benzene rings is 2. The fourth-order valence-corrected chi connectivity index (χ4v) is 5.08. The summed E-state index contributed by atoms with van der Waals surface area (Å²) in [5.74, 6) is -0.777. The maximum Gasteiger partial charge on any atom is 1.00 e. The molecule has 1 heterocycles. The maximum absolute atomic E-state index is 13.2. The Labute approximate surface area is 241 Å². The van der Waals surface area contributed by atoms with E-state index < -0.39 is 17.9 Å². The van der Waals surface area contributed by atoms with Crippen LogP contribution in [0.25, 0.3) is 11.1 Å². The average molecular weight is 535 g/mol. The zero-order valence-electron chi connectivity index (χ0n) is 23.5. The number of aromatic nitrogens is 1. The summed E-state index contributed by atoms with van der Waals surface area (Å²) in [6.45, 7) is 9.27. The van der Waals surface area contributed by atoms with Crippen molar-refractivity contribution in [3.63, 3.8) is 0 Å². The number of amides is 1. The van der Waals surface area contributed by atoms with Crippen LogP contribution in [-0.4, -0.2) is 40.0 Å². The summed E-state index contributed by atoms with van der Waals surface area (Å²) < 4.78 is 5.98. The number of carbonyl (C=O) groups excluding carboxylic acids is 1. The third kappa shape index (κ3) is 8.73. The smallest absolute Gasteiger partial charge is 1.00 e. The van der Waals surface area contributed by atoms with Gasteiger partial charge in [-0.3, -0.25) is 4.79 Å². The minimum atomic E-state index is -1.03. The average Bonchev–Trinajstić information content (AvgIpc) is 3.31. The fraction of sp³-hybridized carbons (Fsp3) is 0.393. The number of nitrogens with one attached hydrogen (secondary N) is 1. The molecule has 3 rings (SSSR count). The largest absolute Gasteiger partial charge is 1.00 e. The minimum Gasteiger partial charge on any atom is -1.00 e. The van der Waals surface area contributed by atoms with Gasteiger partial charge in [0.1, 0.15) is 6.04 Å². The number of carbonyl (C=O) groups is 2. The molecule has 0 aliphatic rings. The van der Waals surface area contributed by atoms with Crippen molar-refractivity contribution in [2.45, 2.75) is 58.8 Å². The number of nitrogens with zero attached hydrogens (tertiary/aromatic N) is 1. The molecule has 0 radical (unpaired) electrons. The Morgan fingerprint density at radius 1 is 1.16 bits per heavy atom. The monoisotopic (exact) mass is 534 g/mol. The number of carboxylic acids is 1. The van der Waals surface area contributed by atoms with Crippen molar-refractivity contribution in [3.8, 4) is 11.1 Å². The van der Waals surface area contributed by atoms with E-state index in [2.05, 4.69) is 31.1 Å². The molecule has 1 unspecified atom stereocenters. The normalized spacial score (nSPS) is 12.0. The predicted octanol–water partition coefficient (Wildman–Crippen LogP) is 3.19. The molecular formula is C28H35LiN2O4S2. The van der Waals surface area contributed by atoms with Gasteiger partial charge in [-0.1, -0.05) is 51.1 Å². The summed E-state index contributed by atoms with van der Waals surface area (Å²) in [5, 5.41) is 13.3. The number of hydrogen-bond acceptors (Lipinski definition) is 6. The van der Waals surface area contributed by atoms with Gasteiger partial charge in [0.05, 0.1) is 23.1 Å². The Morgan fingerprint density at radius 2 is 1.89 bits per heavy atom. The van der Waals surface area contributed by atoms with Gasteiger partial charge in [0.25, 0.3) is 5.91 Å². The van der Waals surface area contributed by atoms with Crippen molar-refractivity contribution in [3.05, 3.63) is 75.2 Å². The molecule has 0 spiro atoms. The van der Waals surface area contributed by atoms with E-state index in [1.54, 1.807) is 29.2 Å². The van der Waals surface area contributed by atoms with E-state index in [0.717, 1.165) is 32.1 Å². The molecule has 0 bridgehead atoms. The number of hydrogen-bond donors (Lipinski definition) is 2. The second-order valence-electron chi connectivity index (χ2n) is 9.72. The van der Waals surface area contributed by atoms with Gasteiger partial charge in [-0.25, -0.2) is 9.78 Å². The number of aliphatic carboxylic acids is 1. The Bertz CT molecular complexity index is 1210. The number of thioether (sulfide) groups is 1. The number of ether oxygens (including phenoxy) is 1. The van der Waals surface area contributed by atoms with Crippen LogP contribution in [0.2, 0.25) is 0 Å². The first-order valence-electron chi connectivity index (χ1n) is 11.8. The van der Waals surface area contributed by atoms with E-state index in [9.17, 15) is 14.7 Å². The van der Waals surface area contributed by atoms with Gasteiger partial charge in [0, 0.05) is 17.2 Å². The molecule has 194 valence electrons.